The fourth-order valence-corrected chi connectivity index (χ4v) is 3.85. The molecule has 0 radical (unpaired) electrons. The molecular weight excluding hydrogens is 371 g/mol. The SMILES string of the molecule is Cc1csc2ncnc(Nc3cc(F)c(C(N)=O)cc3OC3CCOC3)c12. The highest BCUT2D eigenvalue weighted by Gasteiger charge is 2.22. The Kier molecular flexibility index (Phi) is 4.63. The number of nitrogens with one attached hydrogen (secondary N) is 1. The van der Waals surface area contributed by atoms with E-state index in [9.17, 15) is 9.18 Å². The van der Waals surface area contributed by atoms with Gasteiger partial charge < -0.3 is 20.5 Å². The molecule has 1 fully saturated rings. The summed E-state index contributed by atoms with van der Waals surface area (Å²) in [5.41, 5.74) is 6.42. The number of nitrogens with zero attached hydrogens (tertiary/aromatic N) is 2. The van der Waals surface area contributed by atoms with Crippen LogP contribution in [0, 0.1) is 12.7 Å². The van der Waals surface area contributed by atoms with Crippen molar-refractivity contribution in [2.75, 3.05) is 18.5 Å². The van der Waals surface area contributed by atoms with E-state index in [0.717, 1.165) is 15.8 Å². The van der Waals surface area contributed by atoms with Crippen LogP contribution in [0.15, 0.2) is 23.8 Å². The molecule has 0 spiro atoms. The van der Waals surface area contributed by atoms with Crippen LogP contribution >= 0.6 is 11.3 Å². The maximum absolute atomic E-state index is 14.4. The molecule has 9 heteroatoms. The first-order chi connectivity index (χ1) is 13.0. The Labute approximate surface area is 158 Å². The lowest BCUT2D eigenvalue weighted by Gasteiger charge is -2.18. The Bertz CT molecular complexity index is 1020. The third kappa shape index (κ3) is 3.43. The molecule has 1 aromatic carbocycles. The number of ether oxygens (including phenoxy) is 2. The van der Waals surface area contributed by atoms with Gasteiger partial charge in [0.05, 0.1) is 29.9 Å². The van der Waals surface area contributed by atoms with Crippen LogP contribution < -0.4 is 15.8 Å². The standard InChI is InChI=1S/C18H17FN4O3S/c1-9-7-27-18-15(9)17(21-8-22-18)23-13-5-12(19)11(16(20)24)4-14(13)26-10-2-3-25-6-10/h4-5,7-8,10H,2-3,6H2,1H3,(H2,20,24)(H,21,22,23). The van der Waals surface area contributed by atoms with Gasteiger partial charge >= 0.3 is 0 Å². The molecule has 1 aliphatic heterocycles. The van der Waals surface area contributed by atoms with E-state index in [4.69, 9.17) is 15.2 Å². The molecule has 1 saturated heterocycles. The maximum Gasteiger partial charge on any atom is 0.251 e. The van der Waals surface area contributed by atoms with Gasteiger partial charge in [0.15, 0.2) is 0 Å². The third-order valence-corrected chi connectivity index (χ3v) is 5.33. The van der Waals surface area contributed by atoms with E-state index >= 15 is 0 Å². The number of halogens is 1. The second-order valence-electron chi connectivity index (χ2n) is 6.24. The molecule has 0 saturated carbocycles. The van der Waals surface area contributed by atoms with E-state index in [-0.39, 0.29) is 11.7 Å². The molecule has 2 aromatic heterocycles. The number of amides is 1. The Morgan fingerprint density at radius 1 is 1.44 bits per heavy atom. The molecule has 0 aliphatic carbocycles. The van der Waals surface area contributed by atoms with Crippen molar-refractivity contribution in [3.63, 3.8) is 0 Å². The molecule has 3 heterocycles. The van der Waals surface area contributed by atoms with Gasteiger partial charge in [-0.05, 0) is 23.9 Å². The van der Waals surface area contributed by atoms with Crippen LogP contribution in [0.3, 0.4) is 0 Å². The summed E-state index contributed by atoms with van der Waals surface area (Å²) in [5.74, 6) is -0.727. The van der Waals surface area contributed by atoms with Crippen LogP contribution in [0.1, 0.15) is 22.3 Å². The first-order valence-electron chi connectivity index (χ1n) is 8.36. The predicted molar refractivity (Wildman–Crippen MR) is 100 cm³/mol. The highest BCUT2D eigenvalue weighted by Crippen LogP contribution is 2.35. The van der Waals surface area contributed by atoms with Gasteiger partial charge in [0.2, 0.25) is 0 Å². The molecule has 27 heavy (non-hydrogen) atoms. The number of rotatable bonds is 5. The Morgan fingerprint density at radius 2 is 2.30 bits per heavy atom. The minimum atomic E-state index is -0.857. The molecule has 3 N–H and O–H groups in total. The molecule has 3 aromatic rings. The number of hydrogen-bond acceptors (Lipinski definition) is 7. The average Bonchev–Trinajstić information content (AvgIpc) is 3.27. The van der Waals surface area contributed by atoms with Gasteiger partial charge in [-0.2, -0.15) is 0 Å². The van der Waals surface area contributed by atoms with E-state index in [1.807, 2.05) is 12.3 Å². The highest BCUT2D eigenvalue weighted by atomic mass is 32.1. The molecule has 4 rings (SSSR count). The Balaban J connectivity index is 1.76. The summed E-state index contributed by atoms with van der Waals surface area (Å²) < 4.78 is 25.6. The molecule has 1 amide bonds. The lowest BCUT2D eigenvalue weighted by atomic mass is 10.1. The van der Waals surface area contributed by atoms with Crippen molar-refractivity contribution in [1.82, 2.24) is 9.97 Å². The van der Waals surface area contributed by atoms with Crippen molar-refractivity contribution >= 4 is 39.0 Å². The second-order valence-corrected chi connectivity index (χ2v) is 7.10. The van der Waals surface area contributed by atoms with Gasteiger partial charge in [-0.25, -0.2) is 14.4 Å². The van der Waals surface area contributed by atoms with Crippen LogP contribution in [0.25, 0.3) is 10.2 Å². The first kappa shape index (κ1) is 17.6. The van der Waals surface area contributed by atoms with Gasteiger partial charge in [-0.15, -0.1) is 11.3 Å². The van der Waals surface area contributed by atoms with E-state index in [0.29, 0.717) is 36.9 Å². The van der Waals surface area contributed by atoms with Crippen molar-refractivity contribution in [3.05, 3.63) is 40.8 Å². The minimum absolute atomic E-state index is 0.176. The third-order valence-electron chi connectivity index (χ3n) is 4.32. The topological polar surface area (TPSA) is 99.4 Å². The highest BCUT2D eigenvalue weighted by molar-refractivity contribution is 7.17. The number of aromatic nitrogens is 2. The molecule has 140 valence electrons. The van der Waals surface area contributed by atoms with Gasteiger partial charge in [-0.3, -0.25) is 4.79 Å². The summed E-state index contributed by atoms with van der Waals surface area (Å²) in [4.78, 5) is 20.9. The van der Waals surface area contributed by atoms with E-state index in [2.05, 4.69) is 15.3 Å². The lowest BCUT2D eigenvalue weighted by Crippen LogP contribution is -2.18. The summed E-state index contributed by atoms with van der Waals surface area (Å²) in [6, 6.07) is 2.51. The van der Waals surface area contributed by atoms with Crippen molar-refractivity contribution < 1.29 is 18.7 Å². The molecule has 1 aliphatic rings. The van der Waals surface area contributed by atoms with Crippen molar-refractivity contribution in [3.8, 4) is 5.75 Å². The van der Waals surface area contributed by atoms with E-state index in [1.54, 1.807) is 0 Å². The number of benzene rings is 1. The summed E-state index contributed by atoms with van der Waals surface area (Å²) in [7, 11) is 0. The molecule has 1 unspecified atom stereocenters. The van der Waals surface area contributed by atoms with Crippen LogP contribution in [0.2, 0.25) is 0 Å². The number of primary amides is 1. The summed E-state index contributed by atoms with van der Waals surface area (Å²) in [6.45, 7) is 2.99. The van der Waals surface area contributed by atoms with Gasteiger partial charge in [0, 0.05) is 12.5 Å². The normalized spacial score (nSPS) is 16.6. The number of fused-ring (bicyclic) bond motifs is 1. The predicted octanol–water partition coefficient (Wildman–Crippen LogP) is 3.15. The number of hydrogen-bond donors (Lipinski definition) is 2. The van der Waals surface area contributed by atoms with Crippen molar-refractivity contribution in [2.45, 2.75) is 19.4 Å². The molecule has 1 atom stereocenters. The largest absolute Gasteiger partial charge is 0.486 e. The van der Waals surface area contributed by atoms with Crippen LogP contribution in [0.4, 0.5) is 15.9 Å². The van der Waals surface area contributed by atoms with Gasteiger partial charge in [0.1, 0.15) is 34.6 Å². The second kappa shape index (κ2) is 7.09. The number of carbonyl (C=O) groups excluding carboxylic acids is 1. The van der Waals surface area contributed by atoms with Crippen molar-refractivity contribution in [2.24, 2.45) is 5.73 Å². The number of aryl methyl sites for hydroxylation is 1. The average molecular weight is 388 g/mol. The number of carbonyl (C=O) groups is 1. The van der Waals surface area contributed by atoms with Gasteiger partial charge in [-0.1, -0.05) is 0 Å². The lowest BCUT2D eigenvalue weighted by molar-refractivity contribution is 0.0995. The maximum atomic E-state index is 14.4. The smallest absolute Gasteiger partial charge is 0.251 e. The number of anilines is 2. The summed E-state index contributed by atoms with van der Waals surface area (Å²) >= 11 is 1.50. The van der Waals surface area contributed by atoms with Crippen LogP contribution in [-0.2, 0) is 4.74 Å². The fraction of sp³-hybridized carbons (Fsp3) is 0.278. The van der Waals surface area contributed by atoms with Crippen LogP contribution in [0.5, 0.6) is 5.75 Å². The monoisotopic (exact) mass is 388 g/mol. The van der Waals surface area contributed by atoms with Crippen LogP contribution in [-0.4, -0.2) is 35.2 Å². The summed E-state index contributed by atoms with van der Waals surface area (Å²) in [5, 5.41) is 5.96. The Hall–Kier alpha value is -2.78. The fourth-order valence-electron chi connectivity index (χ4n) is 2.96. The van der Waals surface area contributed by atoms with Gasteiger partial charge in [0.25, 0.3) is 5.91 Å². The molecule has 7 nitrogen and oxygen atoms in total. The molecular formula is C18H17FN4O3S. The quantitative estimate of drug-likeness (QED) is 0.697. The number of thiophene rings is 1. The zero-order chi connectivity index (χ0) is 19.0. The summed E-state index contributed by atoms with van der Waals surface area (Å²) in [6.07, 6.45) is 1.98. The minimum Gasteiger partial charge on any atom is -0.486 e. The van der Waals surface area contributed by atoms with E-state index < -0.39 is 11.7 Å². The Morgan fingerprint density at radius 3 is 3.04 bits per heavy atom. The zero-order valence-corrected chi connectivity index (χ0v) is 15.3. The van der Waals surface area contributed by atoms with E-state index in [1.165, 1.54) is 29.8 Å². The first-order valence-corrected chi connectivity index (χ1v) is 9.24. The number of nitrogens with two attached hydrogens (primary N) is 1. The molecule has 0 bridgehead atoms. The van der Waals surface area contributed by atoms with Crippen molar-refractivity contribution in [1.29, 1.82) is 0 Å². The zero-order valence-electron chi connectivity index (χ0n) is 14.5.